The van der Waals surface area contributed by atoms with E-state index in [1.807, 2.05) is 0 Å². The molecule has 0 spiro atoms. The lowest BCUT2D eigenvalue weighted by Crippen LogP contribution is -2.45. The summed E-state index contributed by atoms with van der Waals surface area (Å²) in [4.78, 5) is 14.5. The smallest absolute Gasteiger partial charge is 0.195 e. The number of carbonyl (C=O) groups is 1. The standard InChI is InChI=1S/C12H19BrN4O/c1-2-5-17-12(10(13)8-15-17)11(18)9-16-6-3-14-4-7-16/h8,14H,2-7,9H2,1H3. The van der Waals surface area contributed by atoms with E-state index in [4.69, 9.17) is 0 Å². The molecule has 2 rings (SSSR count). The van der Waals surface area contributed by atoms with Crippen molar-refractivity contribution in [1.82, 2.24) is 20.0 Å². The van der Waals surface area contributed by atoms with Gasteiger partial charge in [0, 0.05) is 32.7 Å². The molecule has 0 bridgehead atoms. The minimum absolute atomic E-state index is 0.148. The summed E-state index contributed by atoms with van der Waals surface area (Å²) in [7, 11) is 0. The summed E-state index contributed by atoms with van der Waals surface area (Å²) in [6.45, 7) is 7.14. The Balaban J connectivity index is 2.05. The summed E-state index contributed by atoms with van der Waals surface area (Å²) in [5.41, 5.74) is 0.704. The van der Waals surface area contributed by atoms with E-state index in [9.17, 15) is 4.79 Å². The summed E-state index contributed by atoms with van der Waals surface area (Å²) in [5, 5.41) is 7.52. The van der Waals surface area contributed by atoms with Crippen LogP contribution in [0, 0.1) is 0 Å². The average Bonchev–Trinajstić information content (AvgIpc) is 2.72. The number of nitrogens with zero attached hydrogens (tertiary/aromatic N) is 3. The van der Waals surface area contributed by atoms with Crippen molar-refractivity contribution in [2.45, 2.75) is 19.9 Å². The maximum Gasteiger partial charge on any atom is 0.195 e. The molecule has 0 saturated carbocycles. The van der Waals surface area contributed by atoms with Gasteiger partial charge in [-0.15, -0.1) is 0 Å². The molecule has 1 N–H and O–H groups in total. The Kier molecular flexibility index (Phi) is 4.91. The molecule has 1 aromatic rings. The first kappa shape index (κ1) is 13.7. The van der Waals surface area contributed by atoms with Gasteiger partial charge in [0.05, 0.1) is 17.2 Å². The van der Waals surface area contributed by atoms with Crippen molar-refractivity contribution >= 4 is 21.7 Å². The van der Waals surface area contributed by atoms with E-state index in [1.165, 1.54) is 0 Å². The number of aryl methyl sites for hydroxylation is 1. The fourth-order valence-corrected chi connectivity index (χ4v) is 2.69. The Morgan fingerprint density at radius 2 is 2.22 bits per heavy atom. The molecule has 6 heteroatoms. The van der Waals surface area contributed by atoms with Crippen LogP contribution in [0.2, 0.25) is 0 Å². The second kappa shape index (κ2) is 6.45. The van der Waals surface area contributed by atoms with E-state index in [0.29, 0.717) is 12.2 Å². The molecule has 0 amide bonds. The zero-order valence-corrected chi connectivity index (χ0v) is 12.2. The summed E-state index contributed by atoms with van der Waals surface area (Å²) in [5.74, 6) is 0.148. The summed E-state index contributed by atoms with van der Waals surface area (Å²) >= 11 is 3.42. The highest BCUT2D eigenvalue weighted by molar-refractivity contribution is 9.10. The third-order valence-corrected chi connectivity index (χ3v) is 3.65. The number of Topliss-reactive ketones (excluding diaryl/α,β-unsaturated/α-hetero) is 1. The molecule has 1 aliphatic heterocycles. The van der Waals surface area contributed by atoms with Crippen LogP contribution in [0.1, 0.15) is 23.8 Å². The maximum absolute atomic E-state index is 12.3. The monoisotopic (exact) mass is 314 g/mol. The van der Waals surface area contributed by atoms with Crippen molar-refractivity contribution in [3.63, 3.8) is 0 Å². The normalized spacial score (nSPS) is 17.0. The molecule has 1 aliphatic rings. The number of piperazine rings is 1. The van der Waals surface area contributed by atoms with Gasteiger partial charge in [-0.3, -0.25) is 14.4 Å². The van der Waals surface area contributed by atoms with Gasteiger partial charge in [0.2, 0.25) is 0 Å². The van der Waals surface area contributed by atoms with E-state index in [1.54, 1.807) is 10.9 Å². The molecule has 2 heterocycles. The summed E-state index contributed by atoms with van der Waals surface area (Å²) in [6, 6.07) is 0. The Bertz CT molecular complexity index is 412. The molecule has 0 aromatic carbocycles. The SMILES string of the molecule is CCCn1ncc(Br)c1C(=O)CN1CCNCC1. The lowest BCUT2D eigenvalue weighted by molar-refractivity contribution is 0.0910. The molecular formula is C12H19BrN4O. The van der Waals surface area contributed by atoms with Crippen molar-refractivity contribution < 1.29 is 4.79 Å². The van der Waals surface area contributed by atoms with Crippen molar-refractivity contribution in [1.29, 1.82) is 0 Å². The number of carbonyl (C=O) groups excluding carboxylic acids is 1. The molecular weight excluding hydrogens is 296 g/mol. The first-order chi connectivity index (χ1) is 8.72. The number of aromatic nitrogens is 2. The van der Waals surface area contributed by atoms with E-state index in [-0.39, 0.29) is 5.78 Å². The highest BCUT2D eigenvalue weighted by Crippen LogP contribution is 2.17. The summed E-state index contributed by atoms with van der Waals surface area (Å²) in [6.07, 6.45) is 2.68. The van der Waals surface area contributed by atoms with Gasteiger partial charge < -0.3 is 5.32 Å². The van der Waals surface area contributed by atoms with Gasteiger partial charge in [-0.25, -0.2) is 0 Å². The molecule has 5 nitrogen and oxygen atoms in total. The van der Waals surface area contributed by atoms with Crippen molar-refractivity contribution in [3.05, 3.63) is 16.4 Å². The van der Waals surface area contributed by atoms with Crippen molar-refractivity contribution in [3.8, 4) is 0 Å². The van der Waals surface area contributed by atoms with E-state index < -0.39 is 0 Å². The number of hydrogen-bond acceptors (Lipinski definition) is 4. The number of hydrogen-bond donors (Lipinski definition) is 1. The Morgan fingerprint density at radius 1 is 1.50 bits per heavy atom. The first-order valence-corrected chi connectivity index (χ1v) is 7.19. The molecule has 1 aromatic heterocycles. The molecule has 0 unspecified atom stereocenters. The van der Waals surface area contributed by atoms with E-state index >= 15 is 0 Å². The van der Waals surface area contributed by atoms with Crippen LogP contribution in [0.4, 0.5) is 0 Å². The lowest BCUT2D eigenvalue weighted by atomic mass is 10.2. The fourth-order valence-electron chi connectivity index (χ4n) is 2.17. The predicted molar refractivity (Wildman–Crippen MR) is 73.9 cm³/mol. The Morgan fingerprint density at radius 3 is 2.89 bits per heavy atom. The second-order valence-corrected chi connectivity index (χ2v) is 5.37. The number of ketones is 1. The van der Waals surface area contributed by atoms with Crippen LogP contribution < -0.4 is 5.32 Å². The lowest BCUT2D eigenvalue weighted by Gasteiger charge is -2.26. The quantitative estimate of drug-likeness (QED) is 0.828. The predicted octanol–water partition coefficient (Wildman–Crippen LogP) is 1.14. The van der Waals surface area contributed by atoms with E-state index in [2.05, 4.69) is 38.2 Å². The van der Waals surface area contributed by atoms with Gasteiger partial charge in [0.25, 0.3) is 0 Å². The molecule has 0 aliphatic carbocycles. The van der Waals surface area contributed by atoms with Gasteiger partial charge in [-0.05, 0) is 22.4 Å². The zero-order valence-electron chi connectivity index (χ0n) is 10.7. The van der Waals surface area contributed by atoms with Gasteiger partial charge >= 0.3 is 0 Å². The van der Waals surface area contributed by atoms with Crippen molar-refractivity contribution in [2.24, 2.45) is 0 Å². The van der Waals surface area contributed by atoms with Crippen LogP contribution in [0.3, 0.4) is 0 Å². The Hall–Kier alpha value is -0.720. The van der Waals surface area contributed by atoms with Crippen LogP contribution >= 0.6 is 15.9 Å². The highest BCUT2D eigenvalue weighted by atomic mass is 79.9. The molecule has 0 atom stereocenters. The molecule has 1 fully saturated rings. The molecule has 100 valence electrons. The van der Waals surface area contributed by atoms with Crippen molar-refractivity contribution in [2.75, 3.05) is 32.7 Å². The highest BCUT2D eigenvalue weighted by Gasteiger charge is 2.20. The van der Waals surface area contributed by atoms with E-state index in [0.717, 1.165) is 43.6 Å². The maximum atomic E-state index is 12.3. The van der Waals surface area contributed by atoms with Crippen LogP contribution in [0.15, 0.2) is 10.7 Å². The van der Waals surface area contributed by atoms with Gasteiger partial charge in [-0.1, -0.05) is 6.92 Å². The summed E-state index contributed by atoms with van der Waals surface area (Å²) < 4.78 is 2.60. The Labute approximate surface area is 116 Å². The van der Waals surface area contributed by atoms with Crippen LogP contribution in [0.5, 0.6) is 0 Å². The van der Waals surface area contributed by atoms with Crippen LogP contribution in [-0.2, 0) is 6.54 Å². The number of nitrogens with one attached hydrogen (secondary N) is 1. The minimum Gasteiger partial charge on any atom is -0.314 e. The average molecular weight is 315 g/mol. The molecule has 0 radical (unpaired) electrons. The fraction of sp³-hybridized carbons (Fsp3) is 0.667. The van der Waals surface area contributed by atoms with Gasteiger partial charge in [0.15, 0.2) is 5.78 Å². The largest absolute Gasteiger partial charge is 0.314 e. The second-order valence-electron chi connectivity index (χ2n) is 4.51. The third-order valence-electron chi connectivity index (χ3n) is 3.07. The third kappa shape index (κ3) is 3.18. The van der Waals surface area contributed by atoms with Crippen LogP contribution in [-0.4, -0.2) is 53.2 Å². The first-order valence-electron chi connectivity index (χ1n) is 6.40. The molecule has 18 heavy (non-hydrogen) atoms. The topological polar surface area (TPSA) is 50.2 Å². The number of rotatable bonds is 5. The molecule has 1 saturated heterocycles. The van der Waals surface area contributed by atoms with Gasteiger partial charge in [-0.2, -0.15) is 5.10 Å². The number of halogens is 1. The van der Waals surface area contributed by atoms with Gasteiger partial charge in [0.1, 0.15) is 5.69 Å². The minimum atomic E-state index is 0.148. The van der Waals surface area contributed by atoms with Crippen LogP contribution in [0.25, 0.3) is 0 Å². The zero-order chi connectivity index (χ0) is 13.0.